The molecule has 0 aliphatic rings. The van der Waals surface area contributed by atoms with Gasteiger partial charge in [-0.05, 0) is 24.6 Å². The van der Waals surface area contributed by atoms with Crippen LogP contribution in [0.5, 0.6) is 0 Å². The minimum absolute atomic E-state index is 0.0509. The number of nitrogens with zero attached hydrogens (tertiary/aromatic N) is 1. The summed E-state index contributed by atoms with van der Waals surface area (Å²) in [5.41, 5.74) is 1.26. The third kappa shape index (κ3) is 2.93. The van der Waals surface area contributed by atoms with E-state index < -0.39 is 0 Å². The van der Waals surface area contributed by atoms with Crippen molar-refractivity contribution in [1.82, 2.24) is 9.55 Å². The van der Waals surface area contributed by atoms with Crippen LogP contribution in [0.3, 0.4) is 0 Å². The second-order valence-corrected chi connectivity index (χ2v) is 4.97. The van der Waals surface area contributed by atoms with E-state index in [0.29, 0.717) is 18.5 Å². The number of hydrogen-bond acceptors (Lipinski definition) is 3. The first kappa shape index (κ1) is 14.1. The van der Waals surface area contributed by atoms with Crippen LogP contribution < -0.4 is 5.56 Å². The number of benzene rings is 1. The fraction of sp³-hybridized carbons (Fsp3) is 0.176. The molecule has 0 unspecified atom stereocenters. The maximum absolute atomic E-state index is 12.1. The van der Waals surface area contributed by atoms with Gasteiger partial charge in [0.2, 0.25) is 5.56 Å². The van der Waals surface area contributed by atoms with Crippen molar-refractivity contribution in [2.75, 3.05) is 6.61 Å². The molecular formula is C17H16N2O3. The van der Waals surface area contributed by atoms with Gasteiger partial charge in [0.05, 0.1) is 17.7 Å². The standard InChI is InChI=1S/C17H16N2O3/c20-15-7-1-2-10-19(15)11-4-12-22-17(21)14-6-3-5-13-8-9-18-16(13)14/h1-3,5-10,18H,4,11-12H2. The van der Waals surface area contributed by atoms with Crippen LogP contribution in [0.4, 0.5) is 0 Å². The molecule has 0 bridgehead atoms. The van der Waals surface area contributed by atoms with Crippen molar-refractivity contribution in [3.63, 3.8) is 0 Å². The smallest absolute Gasteiger partial charge is 0.340 e. The zero-order valence-electron chi connectivity index (χ0n) is 12.0. The van der Waals surface area contributed by atoms with E-state index in [1.807, 2.05) is 18.2 Å². The molecule has 0 radical (unpaired) electrons. The summed E-state index contributed by atoms with van der Waals surface area (Å²) in [5.74, 6) is -0.353. The molecule has 2 heterocycles. The molecule has 5 heteroatoms. The Morgan fingerprint density at radius 2 is 2.05 bits per heavy atom. The van der Waals surface area contributed by atoms with E-state index in [2.05, 4.69) is 4.98 Å². The van der Waals surface area contributed by atoms with Crippen LogP contribution in [-0.2, 0) is 11.3 Å². The molecule has 0 saturated heterocycles. The van der Waals surface area contributed by atoms with Gasteiger partial charge in [0.1, 0.15) is 0 Å². The molecule has 1 N–H and O–H groups in total. The predicted octanol–water partition coefficient (Wildman–Crippen LogP) is 2.58. The monoisotopic (exact) mass is 296 g/mol. The fourth-order valence-corrected chi connectivity index (χ4v) is 2.38. The topological polar surface area (TPSA) is 64.1 Å². The minimum Gasteiger partial charge on any atom is -0.462 e. The number of carbonyl (C=O) groups is 1. The molecule has 1 aromatic carbocycles. The highest BCUT2D eigenvalue weighted by Gasteiger charge is 2.11. The van der Waals surface area contributed by atoms with Crippen LogP contribution in [-0.4, -0.2) is 22.1 Å². The van der Waals surface area contributed by atoms with Gasteiger partial charge in [-0.3, -0.25) is 4.79 Å². The number of nitrogens with one attached hydrogen (secondary N) is 1. The number of para-hydroxylation sites is 1. The van der Waals surface area contributed by atoms with Crippen molar-refractivity contribution in [2.45, 2.75) is 13.0 Å². The molecule has 3 rings (SSSR count). The molecule has 0 aliphatic heterocycles. The average molecular weight is 296 g/mol. The number of ether oxygens (including phenoxy) is 1. The zero-order chi connectivity index (χ0) is 15.4. The number of carbonyl (C=O) groups excluding carboxylic acids is 1. The zero-order valence-corrected chi connectivity index (χ0v) is 12.0. The summed E-state index contributed by atoms with van der Waals surface area (Å²) in [6, 6.07) is 12.4. The number of hydrogen-bond donors (Lipinski definition) is 1. The molecule has 3 aromatic rings. The number of aromatic nitrogens is 2. The highest BCUT2D eigenvalue weighted by molar-refractivity contribution is 6.02. The number of H-pyrrole nitrogens is 1. The van der Waals surface area contributed by atoms with Gasteiger partial charge in [-0.25, -0.2) is 4.79 Å². The SMILES string of the molecule is O=C(OCCCn1ccccc1=O)c1cccc2cc[nH]c12. The van der Waals surface area contributed by atoms with Gasteiger partial charge in [-0.1, -0.05) is 18.2 Å². The number of pyridine rings is 1. The summed E-state index contributed by atoms with van der Waals surface area (Å²) >= 11 is 0. The Morgan fingerprint density at radius 3 is 2.91 bits per heavy atom. The number of fused-ring (bicyclic) bond motifs is 1. The Balaban J connectivity index is 1.58. The van der Waals surface area contributed by atoms with Crippen molar-refractivity contribution in [3.8, 4) is 0 Å². The van der Waals surface area contributed by atoms with E-state index in [4.69, 9.17) is 4.74 Å². The van der Waals surface area contributed by atoms with E-state index in [1.54, 1.807) is 35.2 Å². The van der Waals surface area contributed by atoms with Gasteiger partial charge in [0.25, 0.3) is 0 Å². The van der Waals surface area contributed by atoms with E-state index >= 15 is 0 Å². The summed E-state index contributed by atoms with van der Waals surface area (Å²) in [7, 11) is 0. The molecule has 2 aromatic heterocycles. The summed E-state index contributed by atoms with van der Waals surface area (Å²) < 4.78 is 6.89. The maximum Gasteiger partial charge on any atom is 0.340 e. The largest absolute Gasteiger partial charge is 0.462 e. The van der Waals surface area contributed by atoms with Gasteiger partial charge in [-0.2, -0.15) is 0 Å². The lowest BCUT2D eigenvalue weighted by Crippen LogP contribution is -2.19. The molecule has 0 atom stereocenters. The Labute approximate surface area is 127 Å². The van der Waals surface area contributed by atoms with E-state index in [9.17, 15) is 9.59 Å². The normalized spacial score (nSPS) is 10.7. The van der Waals surface area contributed by atoms with Crippen molar-refractivity contribution >= 4 is 16.9 Å². The molecule has 5 nitrogen and oxygen atoms in total. The lowest BCUT2D eigenvalue weighted by molar-refractivity contribution is 0.0498. The van der Waals surface area contributed by atoms with E-state index in [1.165, 1.54) is 6.07 Å². The summed E-state index contributed by atoms with van der Waals surface area (Å²) in [4.78, 5) is 26.7. The van der Waals surface area contributed by atoms with Crippen molar-refractivity contribution in [3.05, 3.63) is 70.8 Å². The quantitative estimate of drug-likeness (QED) is 0.581. The Morgan fingerprint density at radius 1 is 1.14 bits per heavy atom. The number of esters is 1. The second kappa shape index (κ2) is 6.30. The second-order valence-electron chi connectivity index (χ2n) is 4.97. The van der Waals surface area contributed by atoms with Gasteiger partial charge < -0.3 is 14.3 Å². The minimum atomic E-state index is -0.353. The lowest BCUT2D eigenvalue weighted by Gasteiger charge is -2.07. The molecule has 0 aliphatic carbocycles. The predicted molar refractivity (Wildman–Crippen MR) is 83.9 cm³/mol. The third-order valence-corrected chi connectivity index (χ3v) is 3.48. The Bertz CT molecular complexity index is 848. The van der Waals surface area contributed by atoms with E-state index in [-0.39, 0.29) is 18.1 Å². The van der Waals surface area contributed by atoms with Crippen LogP contribution in [0.2, 0.25) is 0 Å². The first-order chi connectivity index (χ1) is 10.8. The van der Waals surface area contributed by atoms with Crippen LogP contribution in [0.1, 0.15) is 16.8 Å². The first-order valence-corrected chi connectivity index (χ1v) is 7.14. The molecule has 22 heavy (non-hydrogen) atoms. The maximum atomic E-state index is 12.1. The van der Waals surface area contributed by atoms with Gasteiger partial charge >= 0.3 is 5.97 Å². The highest BCUT2D eigenvalue weighted by Crippen LogP contribution is 2.17. The molecule has 0 spiro atoms. The van der Waals surface area contributed by atoms with Crippen molar-refractivity contribution in [1.29, 1.82) is 0 Å². The number of aryl methyl sites for hydroxylation is 1. The Kier molecular flexibility index (Phi) is 4.05. The Hall–Kier alpha value is -2.82. The third-order valence-electron chi connectivity index (χ3n) is 3.48. The molecule has 112 valence electrons. The summed E-state index contributed by atoms with van der Waals surface area (Å²) in [6.07, 6.45) is 4.11. The van der Waals surface area contributed by atoms with Crippen molar-refractivity contribution < 1.29 is 9.53 Å². The van der Waals surface area contributed by atoms with E-state index in [0.717, 1.165) is 10.9 Å². The van der Waals surface area contributed by atoms with Crippen LogP contribution in [0.25, 0.3) is 10.9 Å². The highest BCUT2D eigenvalue weighted by atomic mass is 16.5. The fourth-order valence-electron chi connectivity index (χ4n) is 2.38. The van der Waals surface area contributed by atoms with Crippen LogP contribution in [0.15, 0.2) is 59.7 Å². The molecule has 0 amide bonds. The van der Waals surface area contributed by atoms with Crippen molar-refractivity contribution in [2.24, 2.45) is 0 Å². The molecule has 0 saturated carbocycles. The first-order valence-electron chi connectivity index (χ1n) is 7.14. The molecular weight excluding hydrogens is 280 g/mol. The lowest BCUT2D eigenvalue weighted by atomic mass is 10.1. The van der Waals surface area contributed by atoms with Gasteiger partial charge in [0.15, 0.2) is 0 Å². The summed E-state index contributed by atoms with van der Waals surface area (Å²) in [6.45, 7) is 0.802. The van der Waals surface area contributed by atoms with Crippen LogP contribution in [0, 0.1) is 0 Å². The van der Waals surface area contributed by atoms with Crippen LogP contribution >= 0.6 is 0 Å². The number of rotatable bonds is 5. The van der Waals surface area contributed by atoms with Gasteiger partial charge in [0, 0.05) is 30.4 Å². The average Bonchev–Trinajstić information content (AvgIpc) is 3.01. The number of aromatic amines is 1. The summed E-state index contributed by atoms with van der Waals surface area (Å²) in [5, 5.41) is 0.977. The molecule has 0 fully saturated rings. The van der Waals surface area contributed by atoms with Gasteiger partial charge in [-0.15, -0.1) is 0 Å².